The molecule has 0 radical (unpaired) electrons. The lowest BCUT2D eigenvalue weighted by molar-refractivity contribution is -0.0841. The van der Waals surface area contributed by atoms with E-state index < -0.39 is 29.3 Å². The molecule has 1 amide bonds. The van der Waals surface area contributed by atoms with Crippen molar-refractivity contribution < 1.29 is 18.7 Å². The average Bonchev–Trinajstić information content (AvgIpc) is 2.87. The second kappa shape index (κ2) is 5.67. The Morgan fingerprint density at radius 2 is 2.00 bits per heavy atom. The van der Waals surface area contributed by atoms with Crippen LogP contribution in [0.4, 0.5) is 4.79 Å². The van der Waals surface area contributed by atoms with E-state index >= 15 is 0 Å². The first-order valence-corrected chi connectivity index (χ1v) is 7.68. The van der Waals surface area contributed by atoms with Crippen molar-refractivity contribution in [3.63, 3.8) is 0 Å². The first-order chi connectivity index (χ1) is 10.4. The second-order valence-corrected chi connectivity index (χ2v) is 7.52. The van der Waals surface area contributed by atoms with Gasteiger partial charge >= 0.3 is 11.8 Å². The first kappa shape index (κ1) is 17.5. The van der Waals surface area contributed by atoms with Crippen LogP contribution in [0.2, 0.25) is 0 Å². The van der Waals surface area contributed by atoms with Crippen molar-refractivity contribution in [1.29, 1.82) is 0 Å². The Balaban J connectivity index is 2.39. The molecule has 2 atom stereocenters. The van der Waals surface area contributed by atoms with Gasteiger partial charge in [-0.05, 0) is 40.5 Å². The van der Waals surface area contributed by atoms with E-state index in [4.69, 9.17) is 13.9 Å². The standard InChI is InChI=1S/C15H25N3O5/c1-8(2)9-10(11-16-17-12(19)21-11)22-15(6,7)18(9)13(20)23-14(3,4)5/h8-10H,1-7H3,(H,17,19)/t9-,10+/m0/s1. The van der Waals surface area contributed by atoms with Crippen molar-refractivity contribution in [2.75, 3.05) is 0 Å². The summed E-state index contributed by atoms with van der Waals surface area (Å²) in [5, 5.41) is 6.08. The van der Waals surface area contributed by atoms with E-state index in [0.29, 0.717) is 0 Å². The smallest absolute Gasteiger partial charge is 0.434 e. The van der Waals surface area contributed by atoms with Gasteiger partial charge in [-0.15, -0.1) is 5.10 Å². The molecule has 130 valence electrons. The van der Waals surface area contributed by atoms with Crippen LogP contribution < -0.4 is 5.76 Å². The summed E-state index contributed by atoms with van der Waals surface area (Å²) >= 11 is 0. The van der Waals surface area contributed by atoms with Gasteiger partial charge in [-0.3, -0.25) is 4.90 Å². The average molecular weight is 327 g/mol. The number of H-pyrrole nitrogens is 1. The van der Waals surface area contributed by atoms with E-state index in [1.807, 2.05) is 34.6 Å². The second-order valence-electron chi connectivity index (χ2n) is 7.52. The number of nitrogens with one attached hydrogen (secondary N) is 1. The summed E-state index contributed by atoms with van der Waals surface area (Å²) in [5.74, 6) is -0.483. The fourth-order valence-corrected chi connectivity index (χ4v) is 2.79. The van der Waals surface area contributed by atoms with Crippen molar-refractivity contribution in [1.82, 2.24) is 15.1 Å². The molecule has 23 heavy (non-hydrogen) atoms. The van der Waals surface area contributed by atoms with Crippen LogP contribution >= 0.6 is 0 Å². The molecule has 0 aromatic carbocycles. The lowest BCUT2D eigenvalue weighted by Crippen LogP contribution is -2.51. The number of aromatic nitrogens is 2. The van der Waals surface area contributed by atoms with Crippen molar-refractivity contribution in [3.05, 3.63) is 16.4 Å². The molecule has 8 nitrogen and oxygen atoms in total. The molecule has 2 rings (SSSR count). The van der Waals surface area contributed by atoms with Crippen molar-refractivity contribution in [2.24, 2.45) is 5.92 Å². The zero-order valence-corrected chi connectivity index (χ0v) is 14.7. The van der Waals surface area contributed by atoms with Crippen LogP contribution in [-0.2, 0) is 9.47 Å². The summed E-state index contributed by atoms with van der Waals surface area (Å²) in [6.07, 6.45) is -1.11. The van der Waals surface area contributed by atoms with Crippen molar-refractivity contribution >= 4 is 6.09 Å². The van der Waals surface area contributed by atoms with E-state index in [1.54, 1.807) is 18.7 Å². The SMILES string of the molecule is CC(C)[C@H]1[C@H](c2n[nH]c(=O)o2)OC(C)(C)N1C(=O)OC(C)(C)C. The third-order valence-corrected chi connectivity index (χ3v) is 3.58. The summed E-state index contributed by atoms with van der Waals surface area (Å²) in [7, 11) is 0. The van der Waals surface area contributed by atoms with Gasteiger partial charge in [-0.25, -0.2) is 14.7 Å². The summed E-state index contributed by atoms with van der Waals surface area (Å²) < 4.78 is 16.5. The van der Waals surface area contributed by atoms with E-state index in [-0.39, 0.29) is 17.9 Å². The summed E-state index contributed by atoms with van der Waals surface area (Å²) in [4.78, 5) is 25.5. The van der Waals surface area contributed by atoms with Gasteiger partial charge in [0.1, 0.15) is 11.3 Å². The van der Waals surface area contributed by atoms with Crippen LogP contribution in [0.5, 0.6) is 0 Å². The van der Waals surface area contributed by atoms with Crippen LogP contribution in [-0.4, -0.2) is 38.6 Å². The predicted molar refractivity (Wildman–Crippen MR) is 81.7 cm³/mol. The van der Waals surface area contributed by atoms with Crippen molar-refractivity contribution in [3.8, 4) is 0 Å². The number of carbonyl (C=O) groups excluding carboxylic acids is 1. The molecular formula is C15H25N3O5. The van der Waals surface area contributed by atoms with E-state index in [9.17, 15) is 9.59 Å². The Labute approximate surface area is 135 Å². The maximum Gasteiger partial charge on any atom is 0.434 e. The van der Waals surface area contributed by atoms with Gasteiger partial charge in [0.15, 0.2) is 6.10 Å². The molecular weight excluding hydrogens is 302 g/mol. The van der Waals surface area contributed by atoms with Crippen LogP contribution in [0, 0.1) is 5.92 Å². The first-order valence-electron chi connectivity index (χ1n) is 7.68. The molecule has 1 aromatic heterocycles. The van der Waals surface area contributed by atoms with Gasteiger partial charge in [0, 0.05) is 0 Å². The summed E-state index contributed by atoms with van der Waals surface area (Å²) in [6.45, 7) is 12.9. The molecule has 0 spiro atoms. The molecule has 0 aliphatic carbocycles. The molecule has 0 unspecified atom stereocenters. The highest BCUT2D eigenvalue weighted by Crippen LogP contribution is 2.43. The fourth-order valence-electron chi connectivity index (χ4n) is 2.79. The minimum Gasteiger partial charge on any atom is -0.444 e. The normalized spacial score (nSPS) is 24.3. The quantitative estimate of drug-likeness (QED) is 0.896. The largest absolute Gasteiger partial charge is 0.444 e. The number of hydrogen-bond donors (Lipinski definition) is 1. The topological polar surface area (TPSA) is 97.7 Å². The summed E-state index contributed by atoms with van der Waals surface area (Å²) in [5.41, 5.74) is -1.54. The highest BCUT2D eigenvalue weighted by Gasteiger charge is 2.54. The van der Waals surface area contributed by atoms with Crippen LogP contribution in [0.15, 0.2) is 9.21 Å². The third-order valence-electron chi connectivity index (χ3n) is 3.58. The molecule has 0 saturated carbocycles. The molecule has 1 aromatic rings. The van der Waals surface area contributed by atoms with Crippen LogP contribution in [0.1, 0.15) is 60.5 Å². The monoisotopic (exact) mass is 327 g/mol. The molecule has 1 saturated heterocycles. The Morgan fingerprint density at radius 1 is 1.39 bits per heavy atom. The van der Waals surface area contributed by atoms with Crippen LogP contribution in [0.3, 0.4) is 0 Å². The minimum absolute atomic E-state index is 0.0382. The molecule has 1 N–H and O–H groups in total. The number of hydrogen-bond acceptors (Lipinski definition) is 6. The Kier molecular flexibility index (Phi) is 4.32. The number of carbonyl (C=O) groups is 1. The van der Waals surface area contributed by atoms with Gasteiger partial charge in [-0.1, -0.05) is 13.8 Å². The van der Waals surface area contributed by atoms with E-state index in [1.165, 1.54) is 0 Å². The highest BCUT2D eigenvalue weighted by atomic mass is 16.6. The zero-order valence-electron chi connectivity index (χ0n) is 14.7. The molecule has 2 heterocycles. The maximum absolute atomic E-state index is 12.7. The van der Waals surface area contributed by atoms with E-state index in [0.717, 1.165) is 0 Å². The van der Waals surface area contributed by atoms with Gasteiger partial charge in [0.25, 0.3) is 0 Å². The molecule has 1 aliphatic heterocycles. The van der Waals surface area contributed by atoms with E-state index in [2.05, 4.69) is 10.2 Å². The molecule has 8 heteroatoms. The Bertz CT molecular complexity index is 626. The van der Waals surface area contributed by atoms with Crippen LogP contribution in [0.25, 0.3) is 0 Å². The maximum atomic E-state index is 12.7. The minimum atomic E-state index is -0.917. The van der Waals surface area contributed by atoms with Gasteiger partial charge in [0.05, 0.1) is 6.04 Å². The predicted octanol–water partition coefficient (Wildman–Crippen LogP) is 2.43. The molecule has 0 bridgehead atoms. The number of nitrogens with zero attached hydrogens (tertiary/aromatic N) is 2. The number of aromatic amines is 1. The molecule has 1 aliphatic rings. The lowest BCUT2D eigenvalue weighted by Gasteiger charge is -2.36. The third kappa shape index (κ3) is 3.57. The van der Waals surface area contributed by atoms with Crippen molar-refractivity contribution in [2.45, 2.75) is 71.9 Å². The fraction of sp³-hybridized carbons (Fsp3) is 0.800. The summed E-state index contributed by atoms with van der Waals surface area (Å²) in [6, 6.07) is -0.369. The Hall–Kier alpha value is -1.83. The number of rotatable bonds is 2. The van der Waals surface area contributed by atoms with Gasteiger partial charge < -0.3 is 13.9 Å². The number of amides is 1. The molecule has 1 fully saturated rings. The van der Waals surface area contributed by atoms with Gasteiger partial charge in [-0.2, -0.15) is 0 Å². The number of ether oxygens (including phenoxy) is 2. The lowest BCUT2D eigenvalue weighted by atomic mass is 9.97. The Morgan fingerprint density at radius 3 is 2.43 bits per heavy atom. The van der Waals surface area contributed by atoms with Gasteiger partial charge in [0.2, 0.25) is 5.89 Å². The highest BCUT2D eigenvalue weighted by molar-refractivity contribution is 5.70. The zero-order chi connectivity index (χ0) is 17.6.